The summed E-state index contributed by atoms with van der Waals surface area (Å²) in [6.07, 6.45) is 0. The number of benzene rings is 2. The number of nitrogens with zero attached hydrogens (tertiary/aromatic N) is 2. The molecule has 25 heavy (non-hydrogen) atoms. The number of aromatic nitrogens is 2. The molecule has 128 valence electrons. The Balaban J connectivity index is 1.53. The van der Waals surface area contributed by atoms with Crippen molar-refractivity contribution in [2.24, 2.45) is 7.05 Å². The van der Waals surface area contributed by atoms with Crippen molar-refractivity contribution in [2.75, 3.05) is 5.75 Å². The summed E-state index contributed by atoms with van der Waals surface area (Å²) >= 11 is 7.24. The normalized spacial score (nSPS) is 10.6. The predicted molar refractivity (Wildman–Crippen MR) is 103 cm³/mol. The van der Waals surface area contributed by atoms with Gasteiger partial charge in [-0.3, -0.25) is 15.6 Å². The van der Waals surface area contributed by atoms with E-state index in [1.54, 1.807) is 12.1 Å². The maximum Gasteiger partial charge on any atom is 0.248 e. The summed E-state index contributed by atoms with van der Waals surface area (Å²) in [7, 11) is 1.94. The molecule has 2 aromatic carbocycles. The summed E-state index contributed by atoms with van der Waals surface area (Å²) in [6.45, 7) is 3.90. The molecule has 3 rings (SSSR count). The van der Waals surface area contributed by atoms with Crippen molar-refractivity contribution < 1.29 is 4.79 Å². The highest BCUT2D eigenvalue weighted by Crippen LogP contribution is 2.22. The van der Waals surface area contributed by atoms with Crippen LogP contribution in [0, 0.1) is 0 Å². The molecule has 2 N–H and O–H groups in total. The molecule has 0 fully saturated rings. The van der Waals surface area contributed by atoms with Gasteiger partial charge in [-0.2, -0.15) is 0 Å². The number of carbonyl (C=O) groups excluding carboxylic acids is 1. The standard InChI is InChI=1S/C18H17ClN4OS/c1-12(13-7-9-14(19)10-8-13)21-22-17(24)11-25-18-20-15-5-3-4-6-16(15)23(18)2/h3-10,21H,1,11H2,2H3,(H,22,24). The van der Waals surface area contributed by atoms with Crippen molar-refractivity contribution in [1.82, 2.24) is 20.4 Å². The van der Waals surface area contributed by atoms with Gasteiger partial charge in [0.15, 0.2) is 5.16 Å². The van der Waals surface area contributed by atoms with E-state index >= 15 is 0 Å². The largest absolute Gasteiger partial charge is 0.322 e. The van der Waals surface area contributed by atoms with Crippen LogP contribution in [0.2, 0.25) is 5.02 Å². The number of hydrazine groups is 1. The van der Waals surface area contributed by atoms with Crippen LogP contribution in [-0.4, -0.2) is 21.2 Å². The zero-order valence-corrected chi connectivity index (χ0v) is 15.2. The van der Waals surface area contributed by atoms with Crippen molar-refractivity contribution in [3.8, 4) is 0 Å². The lowest BCUT2D eigenvalue weighted by molar-refractivity contribution is -0.119. The molecule has 0 radical (unpaired) electrons. The van der Waals surface area contributed by atoms with Crippen LogP contribution in [-0.2, 0) is 11.8 Å². The van der Waals surface area contributed by atoms with Gasteiger partial charge in [0.2, 0.25) is 5.91 Å². The third kappa shape index (κ3) is 4.15. The molecule has 7 heteroatoms. The second-order valence-corrected chi connectivity index (χ2v) is 6.77. The van der Waals surface area contributed by atoms with E-state index in [-0.39, 0.29) is 11.7 Å². The van der Waals surface area contributed by atoms with Crippen LogP contribution in [0.15, 0.2) is 60.3 Å². The van der Waals surface area contributed by atoms with Gasteiger partial charge in [-0.1, -0.05) is 54.2 Å². The molecule has 0 unspecified atom stereocenters. The summed E-state index contributed by atoms with van der Waals surface area (Å²) in [5, 5.41) is 1.45. The fraction of sp³-hybridized carbons (Fsp3) is 0.111. The summed E-state index contributed by atoms with van der Waals surface area (Å²) in [4.78, 5) is 16.6. The number of fused-ring (bicyclic) bond motifs is 1. The van der Waals surface area contributed by atoms with Crippen LogP contribution in [0.5, 0.6) is 0 Å². The van der Waals surface area contributed by atoms with E-state index < -0.39 is 0 Å². The van der Waals surface area contributed by atoms with E-state index in [0.717, 1.165) is 21.8 Å². The highest BCUT2D eigenvalue weighted by molar-refractivity contribution is 7.99. The van der Waals surface area contributed by atoms with Crippen molar-refractivity contribution in [2.45, 2.75) is 5.16 Å². The van der Waals surface area contributed by atoms with E-state index in [0.29, 0.717) is 10.7 Å². The summed E-state index contributed by atoms with van der Waals surface area (Å²) in [6, 6.07) is 15.1. The van der Waals surface area contributed by atoms with Gasteiger partial charge in [0.05, 0.1) is 22.5 Å². The Morgan fingerprint density at radius 2 is 1.92 bits per heavy atom. The van der Waals surface area contributed by atoms with E-state index in [2.05, 4.69) is 22.4 Å². The molecule has 3 aromatic rings. The number of carbonyl (C=O) groups is 1. The Morgan fingerprint density at radius 1 is 1.20 bits per heavy atom. The average Bonchev–Trinajstić information content (AvgIpc) is 2.95. The first-order valence-electron chi connectivity index (χ1n) is 7.58. The molecule has 0 saturated carbocycles. The van der Waals surface area contributed by atoms with Gasteiger partial charge >= 0.3 is 0 Å². The first-order chi connectivity index (χ1) is 12.0. The predicted octanol–water partition coefficient (Wildman–Crippen LogP) is 3.61. The van der Waals surface area contributed by atoms with Crippen LogP contribution in [0.25, 0.3) is 16.7 Å². The first-order valence-corrected chi connectivity index (χ1v) is 8.95. The lowest BCUT2D eigenvalue weighted by atomic mass is 10.2. The number of rotatable bonds is 6. The average molecular weight is 373 g/mol. The SMILES string of the molecule is C=C(NNC(=O)CSc1nc2ccccc2n1C)c1ccc(Cl)cc1. The zero-order valence-electron chi connectivity index (χ0n) is 13.6. The lowest BCUT2D eigenvalue weighted by Gasteiger charge is -2.11. The Kier molecular flexibility index (Phi) is 5.31. The van der Waals surface area contributed by atoms with Gasteiger partial charge < -0.3 is 4.57 Å². The number of para-hydroxylation sites is 2. The fourth-order valence-corrected chi connectivity index (χ4v) is 3.20. The Morgan fingerprint density at radius 3 is 2.64 bits per heavy atom. The third-order valence-corrected chi connectivity index (χ3v) is 4.91. The van der Waals surface area contributed by atoms with Crippen LogP contribution < -0.4 is 10.9 Å². The number of nitrogens with one attached hydrogen (secondary N) is 2. The molecule has 0 aliphatic rings. The number of halogens is 1. The fourth-order valence-electron chi connectivity index (χ4n) is 2.29. The molecule has 1 amide bonds. The molecule has 0 atom stereocenters. The molecule has 0 aliphatic heterocycles. The van der Waals surface area contributed by atoms with E-state index in [9.17, 15) is 4.79 Å². The molecule has 0 bridgehead atoms. The van der Waals surface area contributed by atoms with Crippen LogP contribution in [0.1, 0.15) is 5.56 Å². The molecular weight excluding hydrogens is 356 g/mol. The van der Waals surface area contributed by atoms with E-state index in [1.165, 1.54) is 11.8 Å². The second kappa shape index (κ2) is 7.63. The minimum Gasteiger partial charge on any atom is -0.322 e. The molecule has 1 heterocycles. The van der Waals surface area contributed by atoms with Gasteiger partial charge in [0, 0.05) is 12.1 Å². The van der Waals surface area contributed by atoms with E-state index in [4.69, 9.17) is 11.6 Å². The number of aryl methyl sites for hydroxylation is 1. The van der Waals surface area contributed by atoms with Crippen LogP contribution in [0.4, 0.5) is 0 Å². The Labute approximate surface area is 155 Å². The quantitative estimate of drug-likeness (QED) is 0.512. The smallest absolute Gasteiger partial charge is 0.248 e. The molecule has 1 aromatic heterocycles. The highest BCUT2D eigenvalue weighted by Gasteiger charge is 2.10. The number of hydrogen-bond donors (Lipinski definition) is 2. The molecule has 0 aliphatic carbocycles. The van der Waals surface area contributed by atoms with Gasteiger partial charge in [-0.05, 0) is 29.8 Å². The number of amides is 1. The Hall–Kier alpha value is -2.44. The number of imidazole rings is 1. The minimum absolute atomic E-state index is 0.160. The maximum atomic E-state index is 12.0. The second-order valence-electron chi connectivity index (χ2n) is 5.39. The highest BCUT2D eigenvalue weighted by atomic mass is 35.5. The van der Waals surface area contributed by atoms with Gasteiger partial charge in [-0.25, -0.2) is 4.98 Å². The lowest BCUT2D eigenvalue weighted by Crippen LogP contribution is -2.37. The first kappa shape index (κ1) is 17.4. The van der Waals surface area contributed by atoms with Gasteiger partial charge in [0.25, 0.3) is 0 Å². The van der Waals surface area contributed by atoms with Crippen LogP contribution >= 0.6 is 23.4 Å². The summed E-state index contributed by atoms with van der Waals surface area (Å²) < 4.78 is 1.98. The summed E-state index contributed by atoms with van der Waals surface area (Å²) in [5.41, 5.74) is 8.87. The topological polar surface area (TPSA) is 58.9 Å². The molecule has 0 spiro atoms. The number of thioether (sulfide) groups is 1. The van der Waals surface area contributed by atoms with Crippen molar-refractivity contribution >= 4 is 46.0 Å². The van der Waals surface area contributed by atoms with Crippen LogP contribution in [0.3, 0.4) is 0 Å². The third-order valence-electron chi connectivity index (χ3n) is 3.62. The molecule has 5 nitrogen and oxygen atoms in total. The van der Waals surface area contributed by atoms with Gasteiger partial charge in [-0.15, -0.1) is 0 Å². The van der Waals surface area contributed by atoms with Gasteiger partial charge in [0.1, 0.15) is 0 Å². The number of hydrogen-bond acceptors (Lipinski definition) is 4. The molecular formula is C18H17ClN4OS. The van der Waals surface area contributed by atoms with Crippen molar-refractivity contribution in [1.29, 1.82) is 0 Å². The monoisotopic (exact) mass is 372 g/mol. The molecule has 0 saturated heterocycles. The van der Waals surface area contributed by atoms with E-state index in [1.807, 2.05) is 48.0 Å². The minimum atomic E-state index is -0.160. The Bertz CT molecular complexity index is 920. The maximum absolute atomic E-state index is 12.0. The zero-order chi connectivity index (χ0) is 17.8. The summed E-state index contributed by atoms with van der Waals surface area (Å²) in [5.74, 6) is 0.0880. The van der Waals surface area contributed by atoms with Crippen molar-refractivity contribution in [3.63, 3.8) is 0 Å². The van der Waals surface area contributed by atoms with Crippen molar-refractivity contribution in [3.05, 3.63) is 65.7 Å².